The zero-order valence-electron chi connectivity index (χ0n) is 10.7. The molecule has 0 aromatic rings. The molecule has 0 atom stereocenters. The summed E-state index contributed by atoms with van der Waals surface area (Å²) in [6.07, 6.45) is 8.09. The third-order valence-corrected chi connectivity index (χ3v) is 2.97. The van der Waals surface area contributed by atoms with Crippen LogP contribution >= 0.6 is 0 Å². The number of unbranched alkanes of at least 4 members (excludes halogenated alkanes) is 1. The standard InChI is InChI=1S/C13H29N/c1-5-9-12-14(8-4)13(10-6-2)11-7-3/h13H,5-12H2,1-4H3. The molecule has 0 N–H and O–H groups in total. The van der Waals surface area contributed by atoms with Crippen LogP contribution in [0.4, 0.5) is 0 Å². The van der Waals surface area contributed by atoms with Crippen LogP contribution in [0.2, 0.25) is 0 Å². The van der Waals surface area contributed by atoms with Crippen LogP contribution in [0.15, 0.2) is 0 Å². The van der Waals surface area contributed by atoms with Crippen LogP contribution in [-0.4, -0.2) is 24.0 Å². The summed E-state index contributed by atoms with van der Waals surface area (Å²) in [6, 6.07) is 0.849. The van der Waals surface area contributed by atoms with Crippen LogP contribution in [-0.2, 0) is 0 Å². The Morgan fingerprint density at radius 3 is 1.79 bits per heavy atom. The second kappa shape index (κ2) is 9.51. The van der Waals surface area contributed by atoms with Gasteiger partial charge in [-0.15, -0.1) is 0 Å². The van der Waals surface area contributed by atoms with Gasteiger partial charge < -0.3 is 4.90 Å². The molecular weight excluding hydrogens is 170 g/mol. The Balaban J connectivity index is 3.96. The minimum absolute atomic E-state index is 0.849. The highest BCUT2D eigenvalue weighted by Crippen LogP contribution is 2.13. The average molecular weight is 199 g/mol. The molecular formula is C13H29N. The summed E-state index contributed by atoms with van der Waals surface area (Å²) in [7, 11) is 0. The summed E-state index contributed by atoms with van der Waals surface area (Å²) in [5.41, 5.74) is 0. The topological polar surface area (TPSA) is 3.24 Å². The Kier molecular flexibility index (Phi) is 9.49. The van der Waals surface area contributed by atoms with Gasteiger partial charge in [0.15, 0.2) is 0 Å². The minimum atomic E-state index is 0.849. The minimum Gasteiger partial charge on any atom is -0.301 e. The van der Waals surface area contributed by atoms with Crippen LogP contribution in [0.3, 0.4) is 0 Å². The van der Waals surface area contributed by atoms with Crippen LogP contribution in [0, 0.1) is 0 Å². The van der Waals surface area contributed by atoms with Crippen molar-refractivity contribution in [2.45, 2.75) is 72.3 Å². The molecule has 0 bridgehead atoms. The number of hydrogen-bond acceptors (Lipinski definition) is 1. The summed E-state index contributed by atoms with van der Waals surface area (Å²) < 4.78 is 0. The maximum Gasteiger partial charge on any atom is 0.00949 e. The van der Waals surface area contributed by atoms with Crippen LogP contribution in [0.1, 0.15) is 66.2 Å². The molecule has 0 radical (unpaired) electrons. The Bertz CT molecular complexity index is 106. The first-order chi connectivity index (χ1) is 6.79. The molecule has 0 aliphatic carbocycles. The SMILES string of the molecule is CCCCN(CC)C(CCC)CCC. The van der Waals surface area contributed by atoms with Crippen molar-refractivity contribution in [1.82, 2.24) is 4.90 Å². The van der Waals surface area contributed by atoms with Gasteiger partial charge in [-0.2, -0.15) is 0 Å². The van der Waals surface area contributed by atoms with Crippen molar-refractivity contribution in [3.8, 4) is 0 Å². The summed E-state index contributed by atoms with van der Waals surface area (Å²) in [4.78, 5) is 2.68. The van der Waals surface area contributed by atoms with Crippen molar-refractivity contribution in [2.75, 3.05) is 13.1 Å². The van der Waals surface area contributed by atoms with Crippen molar-refractivity contribution in [3.63, 3.8) is 0 Å². The van der Waals surface area contributed by atoms with Gasteiger partial charge in [0.2, 0.25) is 0 Å². The van der Waals surface area contributed by atoms with E-state index in [1.165, 1.54) is 51.6 Å². The summed E-state index contributed by atoms with van der Waals surface area (Å²) in [5.74, 6) is 0. The van der Waals surface area contributed by atoms with Gasteiger partial charge >= 0.3 is 0 Å². The van der Waals surface area contributed by atoms with Crippen LogP contribution in [0.25, 0.3) is 0 Å². The lowest BCUT2D eigenvalue weighted by Gasteiger charge is -2.30. The smallest absolute Gasteiger partial charge is 0.00949 e. The maximum absolute atomic E-state index is 2.68. The fourth-order valence-corrected chi connectivity index (χ4v) is 2.14. The Hall–Kier alpha value is -0.0400. The second-order valence-electron chi connectivity index (χ2n) is 4.21. The van der Waals surface area contributed by atoms with E-state index in [9.17, 15) is 0 Å². The first-order valence-corrected chi connectivity index (χ1v) is 6.54. The fourth-order valence-electron chi connectivity index (χ4n) is 2.14. The molecule has 1 nitrogen and oxygen atoms in total. The first-order valence-electron chi connectivity index (χ1n) is 6.54. The number of hydrogen-bond donors (Lipinski definition) is 0. The predicted molar refractivity (Wildman–Crippen MR) is 65.8 cm³/mol. The predicted octanol–water partition coefficient (Wildman–Crippen LogP) is 4.08. The van der Waals surface area contributed by atoms with Gasteiger partial charge in [0, 0.05) is 6.04 Å². The quantitative estimate of drug-likeness (QED) is 0.541. The monoisotopic (exact) mass is 199 g/mol. The third-order valence-electron chi connectivity index (χ3n) is 2.97. The molecule has 0 fully saturated rings. The molecule has 0 unspecified atom stereocenters. The molecule has 0 saturated heterocycles. The number of rotatable bonds is 9. The van der Waals surface area contributed by atoms with Crippen molar-refractivity contribution in [3.05, 3.63) is 0 Å². The van der Waals surface area contributed by atoms with Gasteiger partial charge in [-0.1, -0.05) is 47.0 Å². The lowest BCUT2D eigenvalue weighted by atomic mass is 10.0. The van der Waals surface area contributed by atoms with Gasteiger partial charge in [0.25, 0.3) is 0 Å². The van der Waals surface area contributed by atoms with Crippen molar-refractivity contribution < 1.29 is 0 Å². The van der Waals surface area contributed by atoms with Gasteiger partial charge in [-0.25, -0.2) is 0 Å². The molecule has 0 aliphatic heterocycles. The highest BCUT2D eigenvalue weighted by molar-refractivity contribution is 4.69. The zero-order chi connectivity index (χ0) is 10.8. The van der Waals surface area contributed by atoms with Crippen LogP contribution < -0.4 is 0 Å². The van der Waals surface area contributed by atoms with E-state index in [1.807, 2.05) is 0 Å². The van der Waals surface area contributed by atoms with Crippen molar-refractivity contribution in [2.24, 2.45) is 0 Å². The molecule has 14 heavy (non-hydrogen) atoms. The van der Waals surface area contributed by atoms with Crippen LogP contribution in [0.5, 0.6) is 0 Å². The Labute approximate surface area is 90.9 Å². The summed E-state index contributed by atoms with van der Waals surface area (Å²) in [5, 5.41) is 0. The average Bonchev–Trinajstić information content (AvgIpc) is 2.19. The van der Waals surface area contributed by atoms with Gasteiger partial charge in [0.05, 0.1) is 0 Å². The van der Waals surface area contributed by atoms with Gasteiger partial charge in [-0.05, 0) is 32.4 Å². The maximum atomic E-state index is 2.68. The van der Waals surface area contributed by atoms with Crippen molar-refractivity contribution >= 4 is 0 Å². The third kappa shape index (κ3) is 5.64. The second-order valence-corrected chi connectivity index (χ2v) is 4.21. The Morgan fingerprint density at radius 2 is 1.43 bits per heavy atom. The molecule has 0 aromatic heterocycles. The highest BCUT2D eigenvalue weighted by Gasteiger charge is 2.14. The van der Waals surface area contributed by atoms with Gasteiger partial charge in [0.1, 0.15) is 0 Å². The Morgan fingerprint density at radius 1 is 0.857 bits per heavy atom. The van der Waals surface area contributed by atoms with Gasteiger partial charge in [-0.3, -0.25) is 0 Å². The zero-order valence-corrected chi connectivity index (χ0v) is 10.7. The van der Waals surface area contributed by atoms with E-state index in [-0.39, 0.29) is 0 Å². The molecule has 86 valence electrons. The highest BCUT2D eigenvalue weighted by atomic mass is 15.1. The first kappa shape index (κ1) is 14.0. The van der Waals surface area contributed by atoms with E-state index >= 15 is 0 Å². The molecule has 0 rings (SSSR count). The molecule has 0 aliphatic rings. The fraction of sp³-hybridized carbons (Fsp3) is 1.00. The van der Waals surface area contributed by atoms with E-state index in [1.54, 1.807) is 0 Å². The molecule has 0 heterocycles. The lowest BCUT2D eigenvalue weighted by Crippen LogP contribution is -2.35. The summed E-state index contributed by atoms with van der Waals surface area (Å²) in [6.45, 7) is 11.7. The van der Waals surface area contributed by atoms with Crippen molar-refractivity contribution in [1.29, 1.82) is 0 Å². The lowest BCUT2D eigenvalue weighted by molar-refractivity contribution is 0.181. The normalized spacial score (nSPS) is 11.6. The molecule has 0 amide bonds. The molecule has 0 aromatic carbocycles. The number of nitrogens with zero attached hydrogens (tertiary/aromatic N) is 1. The molecule has 0 saturated carbocycles. The molecule has 1 heteroatoms. The largest absolute Gasteiger partial charge is 0.301 e. The summed E-state index contributed by atoms with van der Waals surface area (Å²) >= 11 is 0. The van der Waals surface area contributed by atoms with E-state index in [2.05, 4.69) is 32.6 Å². The van der Waals surface area contributed by atoms with E-state index in [4.69, 9.17) is 0 Å². The molecule has 0 spiro atoms. The van der Waals surface area contributed by atoms with E-state index in [0.29, 0.717) is 0 Å². The van der Waals surface area contributed by atoms with E-state index < -0.39 is 0 Å². The van der Waals surface area contributed by atoms with E-state index in [0.717, 1.165) is 6.04 Å².